The highest BCUT2D eigenvalue weighted by atomic mass is 32.2. The van der Waals surface area contributed by atoms with Crippen molar-refractivity contribution in [3.63, 3.8) is 0 Å². The fourth-order valence-electron chi connectivity index (χ4n) is 5.55. The summed E-state index contributed by atoms with van der Waals surface area (Å²) in [4.78, 5) is 16.6. The van der Waals surface area contributed by atoms with Crippen LogP contribution in [0.25, 0.3) is 22.0 Å². The molecule has 0 saturated carbocycles. The van der Waals surface area contributed by atoms with Crippen molar-refractivity contribution in [3.8, 4) is 11.1 Å². The van der Waals surface area contributed by atoms with E-state index in [0.29, 0.717) is 51.9 Å². The van der Waals surface area contributed by atoms with E-state index in [0.717, 1.165) is 39.3 Å². The van der Waals surface area contributed by atoms with E-state index in [1.54, 1.807) is 0 Å². The number of nitrogens with zero attached hydrogens (tertiary/aromatic N) is 6. The summed E-state index contributed by atoms with van der Waals surface area (Å²) in [5, 5.41) is 5.11. The van der Waals surface area contributed by atoms with Crippen molar-refractivity contribution in [3.05, 3.63) is 65.5 Å². The molecule has 2 fully saturated rings. The Hall–Kier alpha value is -3.38. The fourth-order valence-corrected chi connectivity index (χ4v) is 6.10. The smallest absolute Gasteiger partial charge is 0.227 e. The Kier molecular flexibility index (Phi) is 7.30. The number of anilines is 2. The van der Waals surface area contributed by atoms with Crippen molar-refractivity contribution in [2.75, 3.05) is 61.6 Å². The quantitative estimate of drug-likeness (QED) is 0.333. The number of aromatic nitrogens is 3. The molecule has 6 rings (SSSR count). The maximum absolute atomic E-state index is 11.2. The van der Waals surface area contributed by atoms with Crippen LogP contribution in [0.3, 0.4) is 0 Å². The summed E-state index contributed by atoms with van der Waals surface area (Å²) in [6.45, 7) is 8.35. The molecule has 0 radical (unpaired) electrons. The zero-order chi connectivity index (χ0) is 26.9. The fraction of sp³-hybridized carbons (Fsp3) is 0.393. The third-order valence-electron chi connectivity index (χ3n) is 7.51. The molecular weight excluding hydrogens is 516 g/mol. The van der Waals surface area contributed by atoms with Gasteiger partial charge in [-0.2, -0.15) is 4.98 Å². The van der Waals surface area contributed by atoms with Gasteiger partial charge in [-0.1, -0.05) is 41.6 Å². The van der Waals surface area contributed by atoms with Crippen molar-refractivity contribution in [2.24, 2.45) is 0 Å². The molecule has 0 amide bonds. The average Bonchev–Trinajstić information content (AvgIpc) is 3.30. The van der Waals surface area contributed by atoms with Crippen molar-refractivity contribution in [2.45, 2.75) is 19.9 Å². The van der Waals surface area contributed by atoms with Crippen LogP contribution < -0.4 is 9.80 Å². The monoisotopic (exact) mass is 547 g/mol. The van der Waals surface area contributed by atoms with Gasteiger partial charge in [0.15, 0.2) is 0 Å². The first-order valence-electron chi connectivity index (χ1n) is 13.2. The Morgan fingerprint density at radius 3 is 2.54 bits per heavy atom. The zero-order valence-electron chi connectivity index (χ0n) is 22.1. The summed E-state index contributed by atoms with van der Waals surface area (Å²) in [5.41, 5.74) is 4.87. The maximum atomic E-state index is 11.2. The molecule has 0 N–H and O–H groups in total. The first kappa shape index (κ1) is 25.9. The van der Waals surface area contributed by atoms with E-state index in [-0.39, 0.29) is 11.9 Å². The van der Waals surface area contributed by atoms with Gasteiger partial charge in [-0.15, -0.1) is 0 Å². The molecule has 10 nitrogen and oxygen atoms in total. The second-order valence-corrected chi connectivity index (χ2v) is 10.9. The number of hydrogen-bond acceptors (Lipinski definition) is 10. The van der Waals surface area contributed by atoms with Crippen molar-refractivity contribution in [1.29, 1.82) is 0 Å². The number of morpholine rings is 1. The summed E-state index contributed by atoms with van der Waals surface area (Å²) in [6.07, 6.45) is 0. The third-order valence-corrected chi connectivity index (χ3v) is 8.09. The topological polar surface area (TPSA) is 111 Å². The van der Waals surface area contributed by atoms with E-state index < -0.39 is 11.1 Å². The Bertz CT molecular complexity index is 1470. The van der Waals surface area contributed by atoms with Gasteiger partial charge in [0.2, 0.25) is 5.95 Å². The number of benzene rings is 2. The van der Waals surface area contributed by atoms with E-state index in [1.165, 1.54) is 5.56 Å². The van der Waals surface area contributed by atoms with E-state index in [1.807, 2.05) is 30.9 Å². The molecule has 1 unspecified atom stereocenters. The first-order valence-corrected chi connectivity index (χ1v) is 14.4. The Morgan fingerprint density at radius 2 is 1.82 bits per heavy atom. The molecular formula is C28H31N6O4S-. The van der Waals surface area contributed by atoms with Gasteiger partial charge in [0.05, 0.1) is 36.3 Å². The minimum absolute atomic E-state index is 0.0116. The molecule has 0 bridgehead atoms. The summed E-state index contributed by atoms with van der Waals surface area (Å²) in [7, 11) is 0. The lowest BCUT2D eigenvalue weighted by Gasteiger charge is -2.38. The van der Waals surface area contributed by atoms with Crippen LogP contribution in [-0.2, 0) is 15.8 Å². The molecule has 2 aromatic heterocycles. The number of aryl methyl sites for hydroxylation is 2. The first-order chi connectivity index (χ1) is 19.0. The number of piperazine rings is 1. The zero-order valence-corrected chi connectivity index (χ0v) is 22.9. The van der Waals surface area contributed by atoms with Crippen LogP contribution in [0.15, 0.2) is 53.1 Å². The van der Waals surface area contributed by atoms with Gasteiger partial charge in [0.1, 0.15) is 11.6 Å². The van der Waals surface area contributed by atoms with Gasteiger partial charge >= 0.3 is 0 Å². The largest absolute Gasteiger partial charge is 0.771 e. The minimum Gasteiger partial charge on any atom is -0.771 e. The molecule has 11 heteroatoms. The van der Waals surface area contributed by atoms with Crippen LogP contribution in [0.4, 0.5) is 11.8 Å². The predicted octanol–water partition coefficient (Wildman–Crippen LogP) is 3.44. The Morgan fingerprint density at radius 1 is 1.03 bits per heavy atom. The highest BCUT2D eigenvalue weighted by Crippen LogP contribution is 2.37. The third kappa shape index (κ3) is 5.27. The molecule has 2 aliphatic rings. The van der Waals surface area contributed by atoms with Crippen LogP contribution >= 0.6 is 0 Å². The van der Waals surface area contributed by atoms with Gasteiger partial charge in [-0.3, -0.25) is 9.11 Å². The second-order valence-electron chi connectivity index (χ2n) is 10.0. The van der Waals surface area contributed by atoms with Gasteiger partial charge in [-0.25, -0.2) is 4.98 Å². The lowest BCUT2D eigenvalue weighted by Crippen LogP contribution is -2.48. The minimum atomic E-state index is -2.09. The molecule has 204 valence electrons. The standard InChI is InChI=1S/C28H32N6O4S/c1-19-26(20(2)38-31-19)22-8-9-24-23(16-22)27(34-14-15-37-17-25(34)21-6-4-3-5-7-21)30-28(29-24)33-12-10-32(11-13-33)18-39(35)36/h3-9,16,25H,10-15,17-18H2,1-2H3,(H,35,36)/p-1/t25-/m0/s1. The van der Waals surface area contributed by atoms with Gasteiger partial charge in [0, 0.05) is 43.7 Å². The molecule has 2 aromatic carbocycles. The van der Waals surface area contributed by atoms with Crippen molar-refractivity contribution in [1.82, 2.24) is 20.0 Å². The molecule has 4 aromatic rings. The summed E-state index contributed by atoms with van der Waals surface area (Å²) < 4.78 is 33.8. The molecule has 2 aliphatic heterocycles. The molecule has 39 heavy (non-hydrogen) atoms. The van der Waals surface area contributed by atoms with E-state index in [2.05, 4.69) is 51.4 Å². The van der Waals surface area contributed by atoms with E-state index in [4.69, 9.17) is 19.2 Å². The lowest BCUT2D eigenvalue weighted by molar-refractivity contribution is 0.0939. The summed E-state index contributed by atoms with van der Waals surface area (Å²) >= 11 is -2.09. The normalized spacial score (nSPS) is 19.5. The molecule has 2 saturated heterocycles. The molecule has 0 spiro atoms. The van der Waals surface area contributed by atoms with Crippen molar-refractivity contribution < 1.29 is 18.0 Å². The lowest BCUT2D eigenvalue weighted by atomic mass is 10.0. The highest BCUT2D eigenvalue weighted by molar-refractivity contribution is 7.79. The van der Waals surface area contributed by atoms with Crippen molar-refractivity contribution >= 4 is 33.7 Å². The number of rotatable bonds is 6. The SMILES string of the molecule is Cc1noc(C)c1-c1ccc2nc(N3CCN(CS(=O)[O-])CC3)nc(N3CCOC[C@H]3c3ccccc3)c2c1. The van der Waals surface area contributed by atoms with Crippen LogP contribution in [0, 0.1) is 13.8 Å². The highest BCUT2D eigenvalue weighted by Gasteiger charge is 2.29. The van der Waals surface area contributed by atoms with Gasteiger partial charge in [-0.05, 0) is 48.2 Å². The number of hydrogen-bond donors (Lipinski definition) is 0. The molecule has 0 aliphatic carbocycles. The van der Waals surface area contributed by atoms with Crippen LogP contribution in [-0.4, -0.2) is 80.6 Å². The van der Waals surface area contributed by atoms with Gasteiger partial charge < -0.3 is 23.6 Å². The van der Waals surface area contributed by atoms with E-state index >= 15 is 0 Å². The van der Waals surface area contributed by atoms with Crippen LogP contribution in [0.2, 0.25) is 0 Å². The predicted molar refractivity (Wildman–Crippen MR) is 149 cm³/mol. The summed E-state index contributed by atoms with van der Waals surface area (Å²) in [5.74, 6) is 2.35. The van der Waals surface area contributed by atoms with Crippen LogP contribution in [0.1, 0.15) is 23.1 Å². The van der Waals surface area contributed by atoms with Gasteiger partial charge in [0.25, 0.3) is 0 Å². The molecule has 2 atom stereocenters. The number of fused-ring (bicyclic) bond motifs is 1. The maximum Gasteiger partial charge on any atom is 0.227 e. The number of ether oxygens (including phenoxy) is 1. The van der Waals surface area contributed by atoms with E-state index in [9.17, 15) is 8.76 Å². The molecule has 4 heterocycles. The second kappa shape index (κ2) is 11.0. The Labute approximate surface area is 229 Å². The average molecular weight is 548 g/mol. The van der Waals surface area contributed by atoms with Crippen LogP contribution in [0.5, 0.6) is 0 Å². The summed E-state index contributed by atoms with van der Waals surface area (Å²) in [6, 6.07) is 16.6. The Balaban J connectivity index is 1.45.